The lowest BCUT2D eigenvalue weighted by molar-refractivity contribution is 0.149. The Morgan fingerprint density at radius 1 is 1.33 bits per heavy atom. The summed E-state index contributed by atoms with van der Waals surface area (Å²) in [5, 5.41) is 0. The fourth-order valence-electron chi connectivity index (χ4n) is 2.28. The SMILES string of the molecule is CCCCN(C)C(=O)N(CC)C1CCS(=O)(=O)C1. The minimum absolute atomic E-state index is 0.0481. The molecule has 5 nitrogen and oxygen atoms in total. The number of hydrogen-bond donors (Lipinski definition) is 0. The van der Waals surface area contributed by atoms with Crippen LogP contribution in [0, 0.1) is 0 Å². The van der Waals surface area contributed by atoms with E-state index in [0.717, 1.165) is 19.4 Å². The zero-order valence-corrected chi connectivity index (χ0v) is 12.4. The molecule has 1 aliphatic rings. The Balaban J connectivity index is 2.63. The second kappa shape index (κ2) is 6.41. The largest absolute Gasteiger partial charge is 0.328 e. The maximum Gasteiger partial charge on any atom is 0.320 e. The lowest BCUT2D eigenvalue weighted by atomic mass is 10.2. The Morgan fingerprint density at radius 2 is 2.00 bits per heavy atom. The fraction of sp³-hybridized carbons (Fsp3) is 0.917. The van der Waals surface area contributed by atoms with Crippen LogP contribution in [0.15, 0.2) is 0 Å². The van der Waals surface area contributed by atoms with Gasteiger partial charge in [-0.15, -0.1) is 0 Å². The molecule has 6 heteroatoms. The number of amides is 2. The van der Waals surface area contributed by atoms with Crippen LogP contribution in [-0.2, 0) is 9.84 Å². The van der Waals surface area contributed by atoms with Crippen molar-refractivity contribution in [2.75, 3.05) is 31.6 Å². The first-order chi connectivity index (χ1) is 8.41. The predicted molar refractivity (Wildman–Crippen MR) is 72.4 cm³/mol. The molecule has 0 aromatic rings. The molecule has 0 N–H and O–H groups in total. The van der Waals surface area contributed by atoms with E-state index < -0.39 is 9.84 Å². The van der Waals surface area contributed by atoms with Gasteiger partial charge in [-0.25, -0.2) is 13.2 Å². The van der Waals surface area contributed by atoms with Crippen LogP contribution in [0.4, 0.5) is 4.79 Å². The van der Waals surface area contributed by atoms with E-state index in [1.807, 2.05) is 6.92 Å². The highest BCUT2D eigenvalue weighted by atomic mass is 32.2. The summed E-state index contributed by atoms with van der Waals surface area (Å²) in [5.74, 6) is 0.328. The van der Waals surface area contributed by atoms with Gasteiger partial charge in [0.05, 0.1) is 11.5 Å². The van der Waals surface area contributed by atoms with Gasteiger partial charge >= 0.3 is 6.03 Å². The van der Waals surface area contributed by atoms with Gasteiger partial charge in [-0.2, -0.15) is 0 Å². The van der Waals surface area contributed by atoms with Gasteiger partial charge in [-0.1, -0.05) is 13.3 Å². The fourth-order valence-corrected chi connectivity index (χ4v) is 4.01. The van der Waals surface area contributed by atoms with Crippen LogP contribution >= 0.6 is 0 Å². The topological polar surface area (TPSA) is 57.7 Å². The Morgan fingerprint density at radius 3 is 2.44 bits per heavy atom. The summed E-state index contributed by atoms with van der Waals surface area (Å²) in [6, 6.07) is -0.190. The maximum atomic E-state index is 12.2. The molecule has 0 bridgehead atoms. The first-order valence-electron chi connectivity index (χ1n) is 6.63. The monoisotopic (exact) mass is 276 g/mol. The van der Waals surface area contributed by atoms with E-state index in [1.54, 1.807) is 16.8 Å². The number of rotatable bonds is 5. The quantitative estimate of drug-likeness (QED) is 0.761. The highest BCUT2D eigenvalue weighted by molar-refractivity contribution is 7.91. The standard InChI is InChI=1S/C12H24N2O3S/c1-4-6-8-13(3)12(15)14(5-2)11-7-9-18(16,17)10-11/h11H,4-10H2,1-3H3. The molecule has 1 heterocycles. The van der Waals surface area contributed by atoms with Crippen molar-refractivity contribution in [2.45, 2.75) is 39.2 Å². The maximum absolute atomic E-state index is 12.2. The summed E-state index contributed by atoms with van der Waals surface area (Å²) in [6.07, 6.45) is 2.59. The smallest absolute Gasteiger partial charge is 0.320 e. The van der Waals surface area contributed by atoms with E-state index in [0.29, 0.717) is 13.0 Å². The molecule has 0 saturated carbocycles. The molecule has 1 fully saturated rings. The normalized spacial score (nSPS) is 21.8. The Bertz CT molecular complexity index is 381. The molecular formula is C12H24N2O3S. The van der Waals surface area contributed by atoms with Crippen molar-refractivity contribution in [2.24, 2.45) is 0 Å². The van der Waals surface area contributed by atoms with Gasteiger partial charge in [0, 0.05) is 26.2 Å². The third-order valence-corrected chi connectivity index (χ3v) is 5.16. The molecule has 1 atom stereocenters. The summed E-state index contributed by atoms with van der Waals surface area (Å²) in [5.41, 5.74) is 0. The minimum atomic E-state index is -2.94. The highest BCUT2D eigenvalue weighted by Gasteiger charge is 2.34. The minimum Gasteiger partial charge on any atom is -0.328 e. The van der Waals surface area contributed by atoms with E-state index in [9.17, 15) is 13.2 Å². The average molecular weight is 276 g/mol. The number of sulfone groups is 1. The van der Waals surface area contributed by atoms with Crippen molar-refractivity contribution >= 4 is 15.9 Å². The van der Waals surface area contributed by atoms with Gasteiger partial charge in [0.2, 0.25) is 0 Å². The van der Waals surface area contributed by atoms with E-state index in [4.69, 9.17) is 0 Å². The van der Waals surface area contributed by atoms with Crippen LogP contribution in [0.3, 0.4) is 0 Å². The molecule has 2 amide bonds. The van der Waals surface area contributed by atoms with Gasteiger partial charge in [-0.3, -0.25) is 0 Å². The number of hydrogen-bond acceptors (Lipinski definition) is 3. The lowest BCUT2D eigenvalue weighted by Crippen LogP contribution is -2.47. The number of nitrogens with zero attached hydrogens (tertiary/aromatic N) is 2. The zero-order valence-electron chi connectivity index (χ0n) is 11.6. The molecule has 1 aliphatic heterocycles. The third kappa shape index (κ3) is 3.86. The van der Waals surface area contributed by atoms with Crippen LogP contribution in [0.5, 0.6) is 0 Å². The van der Waals surface area contributed by atoms with Crippen molar-refractivity contribution in [3.8, 4) is 0 Å². The van der Waals surface area contributed by atoms with Crippen LogP contribution in [0.1, 0.15) is 33.1 Å². The van der Waals surface area contributed by atoms with Gasteiger partial charge in [0.1, 0.15) is 0 Å². The Hall–Kier alpha value is -0.780. The molecule has 0 aliphatic carbocycles. The van der Waals surface area contributed by atoms with Gasteiger partial charge < -0.3 is 9.80 Å². The molecule has 18 heavy (non-hydrogen) atoms. The van der Waals surface area contributed by atoms with Crippen molar-refractivity contribution < 1.29 is 13.2 Å². The van der Waals surface area contributed by atoms with Crippen LogP contribution in [0.2, 0.25) is 0 Å². The molecule has 1 saturated heterocycles. The highest BCUT2D eigenvalue weighted by Crippen LogP contribution is 2.18. The third-order valence-electron chi connectivity index (χ3n) is 3.41. The van der Waals surface area contributed by atoms with Crippen molar-refractivity contribution in [1.29, 1.82) is 0 Å². The second-order valence-electron chi connectivity index (χ2n) is 4.90. The summed E-state index contributed by atoms with van der Waals surface area (Å²) in [6.45, 7) is 5.27. The molecule has 0 spiro atoms. The predicted octanol–water partition coefficient (Wildman–Crippen LogP) is 1.35. The number of carbonyl (C=O) groups is 1. The Labute approximate surface area is 110 Å². The van der Waals surface area contributed by atoms with Crippen LogP contribution < -0.4 is 0 Å². The van der Waals surface area contributed by atoms with Gasteiger partial charge in [-0.05, 0) is 19.8 Å². The molecule has 0 radical (unpaired) electrons. The first-order valence-corrected chi connectivity index (χ1v) is 8.45. The van der Waals surface area contributed by atoms with E-state index in [1.165, 1.54) is 0 Å². The van der Waals surface area contributed by atoms with E-state index in [2.05, 4.69) is 6.92 Å². The second-order valence-corrected chi connectivity index (χ2v) is 7.13. The van der Waals surface area contributed by atoms with Crippen LogP contribution in [-0.4, -0.2) is 61.9 Å². The molecule has 106 valence electrons. The summed E-state index contributed by atoms with van der Waals surface area (Å²) in [4.78, 5) is 15.6. The van der Waals surface area contributed by atoms with Gasteiger partial charge in [0.15, 0.2) is 9.84 Å². The van der Waals surface area contributed by atoms with E-state index in [-0.39, 0.29) is 23.6 Å². The summed E-state index contributed by atoms with van der Waals surface area (Å²) < 4.78 is 22.9. The van der Waals surface area contributed by atoms with Crippen LogP contribution in [0.25, 0.3) is 0 Å². The summed E-state index contributed by atoms with van der Waals surface area (Å²) in [7, 11) is -1.16. The first kappa shape index (κ1) is 15.3. The molecule has 1 rings (SSSR count). The molecule has 0 aromatic heterocycles. The van der Waals surface area contributed by atoms with Crippen molar-refractivity contribution in [3.05, 3.63) is 0 Å². The number of urea groups is 1. The number of unbranched alkanes of at least 4 members (excludes halogenated alkanes) is 1. The van der Waals surface area contributed by atoms with E-state index >= 15 is 0 Å². The van der Waals surface area contributed by atoms with Crippen molar-refractivity contribution in [3.63, 3.8) is 0 Å². The molecule has 0 aromatic carbocycles. The Kier molecular flexibility index (Phi) is 5.44. The molecular weight excluding hydrogens is 252 g/mol. The number of carbonyl (C=O) groups excluding carboxylic acids is 1. The molecule has 1 unspecified atom stereocenters. The average Bonchev–Trinajstić information content (AvgIpc) is 2.67. The zero-order chi connectivity index (χ0) is 13.8. The van der Waals surface area contributed by atoms with Gasteiger partial charge in [0.25, 0.3) is 0 Å². The summed E-state index contributed by atoms with van der Waals surface area (Å²) >= 11 is 0. The lowest BCUT2D eigenvalue weighted by Gasteiger charge is -2.31. The van der Waals surface area contributed by atoms with Crippen molar-refractivity contribution in [1.82, 2.24) is 9.80 Å².